The smallest absolute Gasteiger partial charge is 0.256 e. The van der Waals surface area contributed by atoms with Gasteiger partial charge in [-0.3, -0.25) is 9.78 Å². The number of nitrogens with zero attached hydrogens (tertiary/aromatic N) is 1. The second-order valence-electron chi connectivity index (χ2n) is 7.20. The summed E-state index contributed by atoms with van der Waals surface area (Å²) in [5.74, 6) is 0.931. The molecule has 1 aromatic carbocycles. The van der Waals surface area contributed by atoms with Crippen molar-refractivity contribution in [3.05, 3.63) is 30.5 Å². The van der Waals surface area contributed by atoms with Gasteiger partial charge >= 0.3 is 0 Å². The van der Waals surface area contributed by atoms with Gasteiger partial charge in [0.2, 0.25) is 0 Å². The summed E-state index contributed by atoms with van der Waals surface area (Å²) in [6.45, 7) is 8.76. The molecule has 0 radical (unpaired) electrons. The summed E-state index contributed by atoms with van der Waals surface area (Å²) in [6.07, 6.45) is 4.45. The highest BCUT2D eigenvalue weighted by atomic mass is 16.5. The van der Waals surface area contributed by atoms with E-state index in [4.69, 9.17) is 9.47 Å². The summed E-state index contributed by atoms with van der Waals surface area (Å²) in [7, 11) is 1.58. The number of pyridine rings is 1. The van der Waals surface area contributed by atoms with E-state index in [1.807, 2.05) is 31.2 Å². The number of aromatic nitrogens is 1. The molecule has 2 aromatic rings. The van der Waals surface area contributed by atoms with Crippen LogP contribution in [0.1, 0.15) is 47.0 Å². The van der Waals surface area contributed by atoms with Gasteiger partial charge in [0.05, 0.1) is 12.3 Å². The van der Waals surface area contributed by atoms with E-state index in [0.29, 0.717) is 24.6 Å². The maximum absolute atomic E-state index is 12.9. The van der Waals surface area contributed by atoms with Crippen LogP contribution in [0.3, 0.4) is 0 Å². The first-order valence-electron chi connectivity index (χ1n) is 9.28. The molecule has 0 aliphatic carbocycles. The number of hydrogen-bond donors (Lipinski definition) is 1. The van der Waals surface area contributed by atoms with Gasteiger partial charge in [0.1, 0.15) is 16.9 Å². The molecule has 0 bridgehead atoms. The van der Waals surface area contributed by atoms with E-state index in [2.05, 4.69) is 31.1 Å². The minimum atomic E-state index is -0.876. The Balaban J connectivity index is 2.30. The first-order chi connectivity index (χ1) is 12.4. The highest BCUT2D eigenvalue weighted by Crippen LogP contribution is 2.31. The Labute approximate surface area is 156 Å². The molecule has 0 spiro atoms. The molecule has 5 nitrogen and oxygen atoms in total. The van der Waals surface area contributed by atoms with Crippen LogP contribution in [0.5, 0.6) is 5.75 Å². The number of amides is 1. The molecule has 0 aliphatic heterocycles. The Hall–Kier alpha value is -2.14. The number of nitrogens with one attached hydrogen (secondary N) is 1. The number of methoxy groups -OCH3 is 1. The van der Waals surface area contributed by atoms with Crippen molar-refractivity contribution >= 4 is 22.5 Å². The Morgan fingerprint density at radius 3 is 2.73 bits per heavy atom. The molecular formula is C21H30N2O3. The van der Waals surface area contributed by atoms with Gasteiger partial charge in [-0.05, 0) is 49.9 Å². The lowest BCUT2D eigenvalue weighted by Gasteiger charge is -2.28. The Bertz CT molecular complexity index is 745. The quantitative estimate of drug-likeness (QED) is 0.654. The molecule has 1 unspecified atom stereocenters. The number of rotatable bonds is 9. The number of anilines is 1. The van der Waals surface area contributed by atoms with Crippen molar-refractivity contribution in [3.63, 3.8) is 0 Å². The topological polar surface area (TPSA) is 60.5 Å². The van der Waals surface area contributed by atoms with E-state index in [1.165, 1.54) is 0 Å². The number of carbonyl (C=O) groups is 1. The molecular weight excluding hydrogens is 328 g/mol. The predicted molar refractivity (Wildman–Crippen MR) is 106 cm³/mol. The van der Waals surface area contributed by atoms with Crippen molar-refractivity contribution in [1.82, 2.24) is 4.98 Å². The van der Waals surface area contributed by atoms with Crippen LogP contribution in [0.15, 0.2) is 30.5 Å². The molecule has 1 aromatic heterocycles. The molecule has 0 saturated heterocycles. The van der Waals surface area contributed by atoms with Gasteiger partial charge in [-0.25, -0.2) is 0 Å². The van der Waals surface area contributed by atoms with E-state index in [0.717, 1.165) is 29.5 Å². The van der Waals surface area contributed by atoms with Crippen LogP contribution in [0.25, 0.3) is 10.9 Å². The van der Waals surface area contributed by atoms with Crippen molar-refractivity contribution in [2.75, 3.05) is 19.0 Å². The zero-order valence-electron chi connectivity index (χ0n) is 16.5. The molecule has 0 aliphatic rings. The molecule has 1 heterocycles. The number of benzene rings is 1. The summed E-state index contributed by atoms with van der Waals surface area (Å²) in [6, 6.07) is 7.54. The SMILES string of the molecule is CCCCOc1ccc(NC(=O)C(C)(CC(C)C)OC)c2cccnc12. The third kappa shape index (κ3) is 4.73. The second-order valence-corrected chi connectivity index (χ2v) is 7.20. The normalized spacial score (nSPS) is 13.6. The highest BCUT2D eigenvalue weighted by molar-refractivity contribution is 6.05. The van der Waals surface area contributed by atoms with Gasteiger partial charge in [-0.15, -0.1) is 0 Å². The lowest BCUT2D eigenvalue weighted by Crippen LogP contribution is -2.43. The fourth-order valence-electron chi connectivity index (χ4n) is 3.00. The van der Waals surface area contributed by atoms with Gasteiger partial charge in [0.25, 0.3) is 5.91 Å². The summed E-state index contributed by atoms with van der Waals surface area (Å²) in [5, 5.41) is 3.88. The average Bonchev–Trinajstić information content (AvgIpc) is 2.62. The molecule has 26 heavy (non-hydrogen) atoms. The van der Waals surface area contributed by atoms with Crippen LogP contribution in [0.2, 0.25) is 0 Å². The number of hydrogen-bond acceptors (Lipinski definition) is 4. The summed E-state index contributed by atoms with van der Waals surface area (Å²) in [4.78, 5) is 17.3. The number of ether oxygens (including phenoxy) is 2. The summed E-state index contributed by atoms with van der Waals surface area (Å²) in [5.41, 5.74) is 0.594. The van der Waals surface area contributed by atoms with E-state index in [9.17, 15) is 4.79 Å². The molecule has 142 valence electrons. The van der Waals surface area contributed by atoms with Crippen LogP contribution >= 0.6 is 0 Å². The van der Waals surface area contributed by atoms with Crippen LogP contribution in [-0.4, -0.2) is 30.2 Å². The monoisotopic (exact) mass is 358 g/mol. The predicted octanol–water partition coefficient (Wildman–Crippen LogP) is 4.80. The molecule has 1 atom stereocenters. The zero-order valence-corrected chi connectivity index (χ0v) is 16.5. The van der Waals surface area contributed by atoms with Crippen LogP contribution in [0, 0.1) is 5.92 Å². The van der Waals surface area contributed by atoms with Crippen molar-refractivity contribution in [2.24, 2.45) is 5.92 Å². The minimum absolute atomic E-state index is 0.154. The van der Waals surface area contributed by atoms with Crippen molar-refractivity contribution in [3.8, 4) is 5.75 Å². The molecule has 2 rings (SSSR count). The van der Waals surface area contributed by atoms with Gasteiger partial charge in [-0.1, -0.05) is 27.2 Å². The zero-order chi connectivity index (χ0) is 19.2. The summed E-state index contributed by atoms with van der Waals surface area (Å²) >= 11 is 0. The van der Waals surface area contributed by atoms with Crippen molar-refractivity contribution < 1.29 is 14.3 Å². The van der Waals surface area contributed by atoms with Crippen LogP contribution in [0.4, 0.5) is 5.69 Å². The van der Waals surface area contributed by atoms with E-state index in [-0.39, 0.29) is 5.91 Å². The largest absolute Gasteiger partial charge is 0.491 e. The highest BCUT2D eigenvalue weighted by Gasteiger charge is 2.34. The van der Waals surface area contributed by atoms with E-state index >= 15 is 0 Å². The molecule has 1 N–H and O–H groups in total. The van der Waals surface area contributed by atoms with Gasteiger partial charge in [0, 0.05) is 18.7 Å². The molecule has 0 fully saturated rings. The standard InChI is InChI=1S/C21H30N2O3/c1-6-7-13-26-18-11-10-17(16-9-8-12-22-19(16)18)23-20(24)21(4,25-5)14-15(2)3/h8-12,15H,6-7,13-14H2,1-5H3,(H,23,24). The molecule has 1 amide bonds. The number of unbranched alkanes of at least 4 members (excludes halogenated alkanes) is 1. The Morgan fingerprint density at radius 2 is 2.08 bits per heavy atom. The van der Waals surface area contributed by atoms with Gasteiger partial charge in [0.15, 0.2) is 0 Å². The fraction of sp³-hybridized carbons (Fsp3) is 0.524. The number of carbonyl (C=O) groups excluding carboxylic acids is 1. The van der Waals surface area contributed by atoms with Crippen LogP contribution < -0.4 is 10.1 Å². The Morgan fingerprint density at radius 1 is 1.31 bits per heavy atom. The molecule has 0 saturated carbocycles. The lowest BCUT2D eigenvalue weighted by atomic mass is 9.93. The number of fused-ring (bicyclic) bond motifs is 1. The third-order valence-corrected chi connectivity index (χ3v) is 4.46. The minimum Gasteiger partial charge on any atom is -0.491 e. The summed E-state index contributed by atoms with van der Waals surface area (Å²) < 4.78 is 11.4. The maximum atomic E-state index is 12.9. The second kappa shape index (κ2) is 8.99. The van der Waals surface area contributed by atoms with Crippen LogP contribution in [-0.2, 0) is 9.53 Å². The first-order valence-corrected chi connectivity index (χ1v) is 9.28. The molecule has 5 heteroatoms. The van der Waals surface area contributed by atoms with E-state index < -0.39 is 5.60 Å². The van der Waals surface area contributed by atoms with E-state index in [1.54, 1.807) is 13.3 Å². The van der Waals surface area contributed by atoms with Crippen molar-refractivity contribution in [1.29, 1.82) is 0 Å². The maximum Gasteiger partial charge on any atom is 0.256 e. The third-order valence-electron chi connectivity index (χ3n) is 4.46. The average molecular weight is 358 g/mol. The van der Waals surface area contributed by atoms with Gasteiger partial charge < -0.3 is 14.8 Å². The van der Waals surface area contributed by atoms with Crippen molar-refractivity contribution in [2.45, 2.75) is 52.6 Å². The first kappa shape index (κ1) is 20.2. The lowest BCUT2D eigenvalue weighted by molar-refractivity contribution is -0.137. The fourth-order valence-corrected chi connectivity index (χ4v) is 3.00. The van der Waals surface area contributed by atoms with Gasteiger partial charge in [-0.2, -0.15) is 0 Å². The Kier molecular flexibility index (Phi) is 6.98.